The van der Waals surface area contributed by atoms with Gasteiger partial charge in [-0.2, -0.15) is 10.1 Å². The number of hydrogen-bond donors (Lipinski definition) is 0. The van der Waals surface area contributed by atoms with Gasteiger partial charge in [0.15, 0.2) is 0 Å². The highest BCUT2D eigenvalue weighted by atomic mass is 16.2. The number of benzene rings is 2. The van der Waals surface area contributed by atoms with Gasteiger partial charge in [-0.1, -0.05) is 67.1 Å². The summed E-state index contributed by atoms with van der Waals surface area (Å²) >= 11 is 0. The number of fused-ring (bicyclic) bond motifs is 1. The number of nitrogens with zero attached hydrogens (tertiary/aromatic N) is 4. The smallest absolute Gasteiger partial charge is 0.231 e. The van der Waals surface area contributed by atoms with Crippen molar-refractivity contribution in [2.24, 2.45) is 0 Å². The van der Waals surface area contributed by atoms with Gasteiger partial charge in [-0.05, 0) is 24.5 Å². The molecule has 0 aliphatic carbocycles. The summed E-state index contributed by atoms with van der Waals surface area (Å²) < 4.78 is 1.88. The SMILES string of the molecule is CCC(=O)N1c2ncnn2[C@@H](c2ccccc2)C[C@@H]1c1ccc(C)cc1. The van der Waals surface area contributed by atoms with Crippen molar-refractivity contribution in [3.8, 4) is 0 Å². The van der Waals surface area contributed by atoms with Gasteiger partial charge in [0.25, 0.3) is 0 Å². The average molecular weight is 346 g/mol. The van der Waals surface area contributed by atoms with E-state index in [1.807, 2.05) is 34.7 Å². The van der Waals surface area contributed by atoms with Crippen molar-refractivity contribution in [3.63, 3.8) is 0 Å². The number of rotatable bonds is 3. The van der Waals surface area contributed by atoms with Crippen LogP contribution in [0.5, 0.6) is 0 Å². The molecule has 132 valence electrons. The Labute approximate surface area is 153 Å². The van der Waals surface area contributed by atoms with Gasteiger partial charge >= 0.3 is 0 Å². The van der Waals surface area contributed by atoms with Gasteiger partial charge in [-0.15, -0.1) is 0 Å². The number of amides is 1. The highest BCUT2D eigenvalue weighted by molar-refractivity contribution is 5.92. The predicted molar refractivity (Wildman–Crippen MR) is 101 cm³/mol. The van der Waals surface area contributed by atoms with Gasteiger partial charge in [0.2, 0.25) is 11.9 Å². The van der Waals surface area contributed by atoms with Crippen molar-refractivity contribution in [1.82, 2.24) is 14.8 Å². The Balaban J connectivity index is 1.84. The molecule has 1 aliphatic heterocycles. The molecule has 1 amide bonds. The highest BCUT2D eigenvalue weighted by Gasteiger charge is 2.38. The van der Waals surface area contributed by atoms with E-state index in [-0.39, 0.29) is 18.0 Å². The van der Waals surface area contributed by atoms with Gasteiger partial charge in [0.1, 0.15) is 6.33 Å². The predicted octanol–water partition coefficient (Wildman–Crippen LogP) is 4.06. The molecule has 1 aromatic heterocycles. The van der Waals surface area contributed by atoms with Crippen molar-refractivity contribution in [1.29, 1.82) is 0 Å². The van der Waals surface area contributed by atoms with Gasteiger partial charge in [-0.25, -0.2) is 4.68 Å². The van der Waals surface area contributed by atoms with Crippen LogP contribution in [0.2, 0.25) is 0 Å². The molecule has 4 rings (SSSR count). The van der Waals surface area contributed by atoms with Crippen molar-refractivity contribution in [2.45, 2.75) is 38.8 Å². The third kappa shape index (κ3) is 2.79. The molecule has 2 aromatic carbocycles. The molecule has 5 nitrogen and oxygen atoms in total. The summed E-state index contributed by atoms with van der Waals surface area (Å²) in [5, 5.41) is 4.44. The lowest BCUT2D eigenvalue weighted by Crippen LogP contribution is -2.42. The zero-order chi connectivity index (χ0) is 18.1. The molecule has 0 unspecified atom stereocenters. The minimum absolute atomic E-state index is 0.0510. The second kappa shape index (κ2) is 6.75. The second-order valence-corrected chi connectivity index (χ2v) is 6.71. The van der Waals surface area contributed by atoms with Crippen LogP contribution in [0, 0.1) is 6.92 Å². The Kier molecular flexibility index (Phi) is 4.29. The fraction of sp³-hybridized carbons (Fsp3) is 0.286. The normalized spacial score (nSPS) is 19.2. The fourth-order valence-electron chi connectivity index (χ4n) is 3.67. The monoisotopic (exact) mass is 346 g/mol. The second-order valence-electron chi connectivity index (χ2n) is 6.71. The first-order valence-corrected chi connectivity index (χ1v) is 9.02. The molecule has 0 fully saturated rings. The first-order valence-electron chi connectivity index (χ1n) is 9.02. The number of anilines is 1. The van der Waals surface area contributed by atoms with E-state index in [1.165, 1.54) is 11.1 Å². The van der Waals surface area contributed by atoms with Crippen molar-refractivity contribution >= 4 is 11.9 Å². The third-order valence-corrected chi connectivity index (χ3v) is 5.04. The van der Waals surface area contributed by atoms with Crippen molar-refractivity contribution in [2.75, 3.05) is 4.90 Å². The van der Waals surface area contributed by atoms with Crippen LogP contribution in [0.25, 0.3) is 0 Å². The zero-order valence-electron chi connectivity index (χ0n) is 15.0. The fourth-order valence-corrected chi connectivity index (χ4v) is 3.67. The topological polar surface area (TPSA) is 51.0 Å². The summed E-state index contributed by atoms with van der Waals surface area (Å²) in [6.07, 6.45) is 2.75. The van der Waals surface area contributed by atoms with E-state index in [1.54, 1.807) is 6.33 Å². The van der Waals surface area contributed by atoms with Crippen LogP contribution in [-0.4, -0.2) is 20.7 Å². The molecule has 2 atom stereocenters. The molecule has 0 bridgehead atoms. The molecular formula is C21H22N4O. The molecule has 0 N–H and O–H groups in total. The molecule has 0 saturated carbocycles. The first kappa shape index (κ1) is 16.5. The largest absolute Gasteiger partial charge is 0.274 e. The third-order valence-electron chi connectivity index (χ3n) is 5.04. The van der Waals surface area contributed by atoms with E-state index in [9.17, 15) is 4.79 Å². The molecule has 2 heterocycles. The number of aryl methyl sites for hydroxylation is 1. The quantitative estimate of drug-likeness (QED) is 0.718. The summed E-state index contributed by atoms with van der Waals surface area (Å²) in [6.45, 7) is 3.96. The van der Waals surface area contributed by atoms with Crippen LogP contribution in [-0.2, 0) is 4.79 Å². The molecule has 3 aromatic rings. The highest BCUT2D eigenvalue weighted by Crippen LogP contribution is 2.41. The van der Waals surface area contributed by atoms with Crippen LogP contribution in [0.4, 0.5) is 5.95 Å². The first-order chi connectivity index (χ1) is 12.7. The lowest BCUT2D eigenvalue weighted by Gasteiger charge is -2.39. The molecule has 0 spiro atoms. The average Bonchev–Trinajstić information content (AvgIpc) is 3.17. The van der Waals surface area contributed by atoms with E-state index < -0.39 is 0 Å². The van der Waals surface area contributed by atoms with Gasteiger partial charge in [0.05, 0.1) is 12.1 Å². The van der Waals surface area contributed by atoms with Crippen LogP contribution in [0.1, 0.15) is 48.5 Å². The standard InChI is InChI=1S/C21H22N4O/c1-3-20(26)24-18(17-11-9-15(2)10-12-17)13-19(16-7-5-4-6-8-16)25-21(24)22-14-23-25/h4-12,14,18-19H,3,13H2,1-2H3/t18-,19-/m1/s1. The van der Waals surface area contributed by atoms with E-state index in [0.717, 1.165) is 12.0 Å². The molecular weight excluding hydrogens is 324 g/mol. The molecule has 26 heavy (non-hydrogen) atoms. The van der Waals surface area contributed by atoms with Crippen LogP contribution in [0.15, 0.2) is 60.9 Å². The maximum atomic E-state index is 12.8. The molecule has 5 heteroatoms. The Hall–Kier alpha value is -2.95. The van der Waals surface area contributed by atoms with Crippen LogP contribution >= 0.6 is 0 Å². The number of carbonyl (C=O) groups excluding carboxylic acids is 1. The Morgan fingerprint density at radius 1 is 1.04 bits per heavy atom. The Morgan fingerprint density at radius 2 is 1.73 bits per heavy atom. The summed E-state index contributed by atoms with van der Waals surface area (Å²) in [7, 11) is 0. The maximum absolute atomic E-state index is 12.8. The minimum atomic E-state index is -0.0510. The van der Waals surface area contributed by atoms with Gasteiger partial charge in [-0.3, -0.25) is 9.69 Å². The minimum Gasteiger partial charge on any atom is -0.274 e. The van der Waals surface area contributed by atoms with Gasteiger partial charge in [0, 0.05) is 6.42 Å². The lowest BCUT2D eigenvalue weighted by atomic mass is 9.91. The Bertz CT molecular complexity index is 901. The number of carbonyl (C=O) groups is 1. The maximum Gasteiger partial charge on any atom is 0.231 e. The van der Waals surface area contributed by atoms with Gasteiger partial charge < -0.3 is 0 Å². The summed E-state index contributed by atoms with van der Waals surface area (Å²) in [5.41, 5.74) is 3.52. The van der Waals surface area contributed by atoms with E-state index in [4.69, 9.17) is 0 Å². The van der Waals surface area contributed by atoms with Crippen molar-refractivity contribution < 1.29 is 4.79 Å². The number of hydrogen-bond acceptors (Lipinski definition) is 3. The van der Waals surface area contributed by atoms with E-state index >= 15 is 0 Å². The summed E-state index contributed by atoms with van der Waals surface area (Å²) in [5.74, 6) is 0.693. The van der Waals surface area contributed by atoms with Crippen LogP contribution in [0.3, 0.4) is 0 Å². The van der Waals surface area contributed by atoms with E-state index in [2.05, 4.69) is 53.4 Å². The molecule has 0 saturated heterocycles. The van der Waals surface area contributed by atoms with Crippen molar-refractivity contribution in [3.05, 3.63) is 77.6 Å². The molecule has 1 aliphatic rings. The molecule has 0 radical (unpaired) electrons. The summed E-state index contributed by atoms with van der Waals surface area (Å²) in [4.78, 5) is 19.0. The van der Waals surface area contributed by atoms with E-state index in [0.29, 0.717) is 12.4 Å². The number of aromatic nitrogens is 3. The lowest BCUT2D eigenvalue weighted by molar-refractivity contribution is -0.119. The Morgan fingerprint density at radius 3 is 2.42 bits per heavy atom. The zero-order valence-corrected chi connectivity index (χ0v) is 15.0. The summed E-state index contributed by atoms with van der Waals surface area (Å²) in [6, 6.07) is 18.7. The van der Waals surface area contributed by atoms with Crippen LogP contribution < -0.4 is 4.90 Å².